The average Bonchev–Trinajstić information content (AvgIpc) is 2.93. The molecule has 1 fully saturated rings. The van der Waals surface area contributed by atoms with E-state index in [1.54, 1.807) is 42.5 Å². The van der Waals surface area contributed by atoms with Crippen molar-refractivity contribution in [3.8, 4) is 5.75 Å². The first-order valence-corrected chi connectivity index (χ1v) is 15.2. The Kier molecular flexibility index (Phi) is 8.73. The Labute approximate surface area is 230 Å². The molecule has 13 heteroatoms. The second-order valence-corrected chi connectivity index (χ2v) is 12.9. The SMILES string of the molecule is COc1ccc(NC(=O)CN(c2ccc(Br)cc2)S(=O)(=O)c2ccccc2)cc1S(=O)(=O)N1CCOCC1. The number of ether oxygens (including phenoxy) is 2. The molecule has 0 saturated carbocycles. The molecule has 10 nitrogen and oxygen atoms in total. The summed E-state index contributed by atoms with van der Waals surface area (Å²) in [4.78, 5) is 13.0. The number of halogens is 1. The number of nitrogens with one attached hydrogen (secondary N) is 1. The topological polar surface area (TPSA) is 122 Å². The number of carbonyl (C=O) groups excluding carboxylic acids is 1. The van der Waals surface area contributed by atoms with E-state index in [0.717, 1.165) is 8.78 Å². The van der Waals surface area contributed by atoms with Gasteiger partial charge in [-0.3, -0.25) is 9.10 Å². The number of benzene rings is 3. The van der Waals surface area contributed by atoms with Crippen molar-refractivity contribution in [1.82, 2.24) is 4.31 Å². The molecule has 38 heavy (non-hydrogen) atoms. The lowest BCUT2D eigenvalue weighted by molar-refractivity contribution is -0.114. The Morgan fingerprint density at radius 2 is 1.66 bits per heavy atom. The van der Waals surface area contributed by atoms with Crippen molar-refractivity contribution < 1.29 is 31.1 Å². The van der Waals surface area contributed by atoms with Gasteiger partial charge in [0.25, 0.3) is 10.0 Å². The van der Waals surface area contributed by atoms with Crippen molar-refractivity contribution in [2.45, 2.75) is 9.79 Å². The minimum atomic E-state index is -4.09. The summed E-state index contributed by atoms with van der Waals surface area (Å²) in [7, 11) is -6.66. The van der Waals surface area contributed by atoms with Crippen molar-refractivity contribution in [2.75, 3.05) is 49.6 Å². The van der Waals surface area contributed by atoms with Gasteiger partial charge in [-0.05, 0) is 54.6 Å². The lowest BCUT2D eigenvalue weighted by atomic mass is 10.3. The highest BCUT2D eigenvalue weighted by atomic mass is 79.9. The molecule has 1 N–H and O–H groups in total. The smallest absolute Gasteiger partial charge is 0.264 e. The van der Waals surface area contributed by atoms with Gasteiger partial charge < -0.3 is 14.8 Å². The number of morpholine rings is 1. The predicted molar refractivity (Wildman–Crippen MR) is 146 cm³/mol. The Morgan fingerprint density at radius 3 is 2.29 bits per heavy atom. The van der Waals surface area contributed by atoms with Crippen LogP contribution >= 0.6 is 15.9 Å². The third-order valence-electron chi connectivity index (χ3n) is 5.77. The molecule has 1 saturated heterocycles. The van der Waals surface area contributed by atoms with Gasteiger partial charge >= 0.3 is 0 Å². The number of anilines is 2. The zero-order valence-electron chi connectivity index (χ0n) is 20.4. The van der Waals surface area contributed by atoms with Gasteiger partial charge in [-0.1, -0.05) is 34.1 Å². The van der Waals surface area contributed by atoms with Crippen molar-refractivity contribution in [1.29, 1.82) is 0 Å². The normalized spacial score (nSPS) is 14.6. The highest BCUT2D eigenvalue weighted by molar-refractivity contribution is 9.10. The fourth-order valence-electron chi connectivity index (χ4n) is 3.86. The first-order chi connectivity index (χ1) is 18.1. The van der Waals surface area contributed by atoms with Gasteiger partial charge in [-0.15, -0.1) is 0 Å². The number of hydrogen-bond donors (Lipinski definition) is 1. The third kappa shape index (κ3) is 6.18. The molecule has 0 spiro atoms. The maximum absolute atomic E-state index is 13.5. The van der Waals surface area contributed by atoms with E-state index < -0.39 is 32.5 Å². The first-order valence-electron chi connectivity index (χ1n) is 11.5. The van der Waals surface area contributed by atoms with Gasteiger partial charge in [-0.25, -0.2) is 16.8 Å². The molecular weight excluding hydrogens is 598 g/mol. The standard InChI is InChI=1S/C25H26BrN3O7S2/c1-35-23-12-9-20(17-24(23)38(33,34)28-13-15-36-16-14-28)27-25(30)18-29(21-10-7-19(26)8-11-21)37(31,32)22-5-3-2-4-6-22/h2-12,17H,13-16,18H2,1H3,(H,27,30). The van der Waals surface area contributed by atoms with Gasteiger partial charge in [0.15, 0.2) is 0 Å². The van der Waals surface area contributed by atoms with Crippen LogP contribution in [0.1, 0.15) is 0 Å². The molecule has 0 aromatic heterocycles. The van der Waals surface area contributed by atoms with E-state index in [2.05, 4.69) is 21.2 Å². The number of carbonyl (C=O) groups is 1. The lowest BCUT2D eigenvalue weighted by Crippen LogP contribution is -2.40. The summed E-state index contributed by atoms with van der Waals surface area (Å²) >= 11 is 3.33. The lowest BCUT2D eigenvalue weighted by Gasteiger charge is -2.27. The molecule has 202 valence electrons. The van der Waals surface area contributed by atoms with E-state index in [-0.39, 0.29) is 53.2 Å². The maximum atomic E-state index is 13.5. The number of amides is 1. The van der Waals surface area contributed by atoms with Crippen LogP contribution in [0.25, 0.3) is 0 Å². The van der Waals surface area contributed by atoms with Crippen molar-refractivity contribution in [3.05, 3.63) is 77.3 Å². The van der Waals surface area contributed by atoms with Crippen molar-refractivity contribution in [2.24, 2.45) is 0 Å². The molecule has 3 aromatic rings. The molecule has 0 aliphatic carbocycles. The summed E-state index contributed by atoms with van der Waals surface area (Å²) in [6.07, 6.45) is 0. The Bertz CT molecular complexity index is 1490. The summed E-state index contributed by atoms with van der Waals surface area (Å²) in [6.45, 7) is 0.402. The second-order valence-electron chi connectivity index (χ2n) is 8.23. The minimum Gasteiger partial charge on any atom is -0.495 e. The quantitative estimate of drug-likeness (QED) is 0.388. The number of methoxy groups -OCH3 is 1. The monoisotopic (exact) mass is 623 g/mol. The van der Waals surface area contributed by atoms with Gasteiger partial charge in [0.2, 0.25) is 15.9 Å². The summed E-state index contributed by atoms with van der Waals surface area (Å²) in [5.41, 5.74) is 0.466. The molecular formula is C25H26BrN3O7S2. The summed E-state index contributed by atoms with van der Waals surface area (Å²) in [5.74, 6) is -0.537. The summed E-state index contributed by atoms with van der Waals surface area (Å²) in [5, 5.41) is 2.63. The molecule has 1 amide bonds. The van der Waals surface area contributed by atoms with Gasteiger partial charge in [0.05, 0.1) is 30.9 Å². The van der Waals surface area contributed by atoms with Crippen LogP contribution in [-0.2, 0) is 29.6 Å². The average molecular weight is 625 g/mol. The van der Waals surface area contributed by atoms with Crippen LogP contribution < -0.4 is 14.4 Å². The molecule has 1 aliphatic rings. The fraction of sp³-hybridized carbons (Fsp3) is 0.240. The highest BCUT2D eigenvalue weighted by Crippen LogP contribution is 2.31. The van der Waals surface area contributed by atoms with Gasteiger partial charge in [0.1, 0.15) is 17.2 Å². The van der Waals surface area contributed by atoms with Crippen LogP contribution in [-0.4, -0.2) is 67.0 Å². The first kappa shape index (κ1) is 28.0. The Morgan fingerprint density at radius 1 is 1.00 bits per heavy atom. The van der Waals surface area contributed by atoms with Crippen molar-refractivity contribution >= 4 is 53.3 Å². The van der Waals surface area contributed by atoms with Crippen LogP contribution in [0, 0.1) is 0 Å². The molecule has 3 aromatic carbocycles. The fourth-order valence-corrected chi connectivity index (χ4v) is 7.15. The minimum absolute atomic E-state index is 0.0269. The molecule has 0 radical (unpaired) electrons. The van der Waals surface area contributed by atoms with E-state index in [1.165, 1.54) is 41.7 Å². The molecule has 1 heterocycles. The molecule has 0 bridgehead atoms. The largest absolute Gasteiger partial charge is 0.495 e. The molecule has 1 aliphatic heterocycles. The van der Waals surface area contributed by atoms with Gasteiger partial charge in [0, 0.05) is 23.2 Å². The van der Waals surface area contributed by atoms with Crippen LogP contribution in [0.4, 0.5) is 11.4 Å². The highest BCUT2D eigenvalue weighted by Gasteiger charge is 2.30. The van der Waals surface area contributed by atoms with E-state index >= 15 is 0 Å². The van der Waals surface area contributed by atoms with Crippen LogP contribution in [0.5, 0.6) is 5.75 Å². The zero-order chi connectivity index (χ0) is 27.3. The number of hydrogen-bond acceptors (Lipinski definition) is 7. The predicted octanol–water partition coefficient (Wildman–Crippen LogP) is 3.31. The number of nitrogens with zero attached hydrogens (tertiary/aromatic N) is 2. The number of rotatable bonds is 9. The Hall–Kier alpha value is -2.97. The van der Waals surface area contributed by atoms with E-state index in [0.29, 0.717) is 0 Å². The van der Waals surface area contributed by atoms with E-state index in [1.807, 2.05) is 0 Å². The van der Waals surface area contributed by atoms with Gasteiger partial charge in [-0.2, -0.15) is 4.31 Å². The number of sulfonamides is 2. The maximum Gasteiger partial charge on any atom is 0.264 e. The molecule has 0 unspecified atom stereocenters. The second kappa shape index (κ2) is 11.8. The van der Waals surface area contributed by atoms with Crippen molar-refractivity contribution in [3.63, 3.8) is 0 Å². The van der Waals surface area contributed by atoms with E-state index in [4.69, 9.17) is 9.47 Å². The molecule has 0 atom stereocenters. The Balaban J connectivity index is 1.62. The van der Waals surface area contributed by atoms with Crippen LogP contribution in [0.3, 0.4) is 0 Å². The zero-order valence-corrected chi connectivity index (χ0v) is 23.6. The van der Waals surface area contributed by atoms with E-state index in [9.17, 15) is 21.6 Å². The molecule has 4 rings (SSSR count). The third-order valence-corrected chi connectivity index (χ3v) is 10.0. The summed E-state index contributed by atoms with van der Waals surface area (Å²) < 4.78 is 67.0. The van der Waals surface area contributed by atoms with Crippen LogP contribution in [0.2, 0.25) is 0 Å². The summed E-state index contributed by atoms with van der Waals surface area (Å²) in [6, 6.07) is 18.5. The van der Waals surface area contributed by atoms with Crippen LogP contribution in [0.15, 0.2) is 87.1 Å².